The number of halogens is 1. The van der Waals surface area contributed by atoms with Crippen LogP contribution in [0.25, 0.3) is 0 Å². The first kappa shape index (κ1) is 20.6. The Kier molecular flexibility index (Phi) is 25.3. The number of hydrogen-bond acceptors (Lipinski definition) is 1. The highest BCUT2D eigenvalue weighted by Gasteiger charge is 1.95. The van der Waals surface area contributed by atoms with Crippen LogP contribution in [0.5, 0.6) is 0 Å². The minimum atomic E-state index is -0.314. The Morgan fingerprint density at radius 2 is 1.31 bits per heavy atom. The van der Waals surface area contributed by atoms with Gasteiger partial charge in [-0.2, -0.15) is 0 Å². The Balaban J connectivity index is -0.000000245. The van der Waals surface area contributed by atoms with Gasteiger partial charge in [0.2, 0.25) is 5.24 Å². The Hall–Kier alpha value is -0.820. The molecule has 0 aliphatic carbocycles. The molecule has 0 fully saturated rings. The van der Waals surface area contributed by atoms with Crippen LogP contribution >= 0.6 is 11.6 Å². The highest BCUT2D eigenvalue weighted by molar-refractivity contribution is 6.63. The molecule has 0 aliphatic heterocycles. The van der Waals surface area contributed by atoms with Gasteiger partial charge in [0, 0.05) is 6.42 Å². The molecule has 1 rings (SSSR count). The van der Waals surface area contributed by atoms with Crippen molar-refractivity contribution >= 4 is 16.8 Å². The molecule has 0 N–H and O–H groups in total. The van der Waals surface area contributed by atoms with Crippen LogP contribution in [0.1, 0.15) is 47.1 Å². The van der Waals surface area contributed by atoms with Gasteiger partial charge in [-0.1, -0.05) is 71.9 Å². The molecule has 0 spiro atoms. The largest absolute Gasteiger partial charge is 0.281 e. The summed E-state index contributed by atoms with van der Waals surface area (Å²) in [5.74, 6) is 0. The van der Waals surface area contributed by atoms with E-state index in [2.05, 4.69) is 0 Å². The maximum absolute atomic E-state index is 10.4. The van der Waals surface area contributed by atoms with Crippen molar-refractivity contribution in [2.24, 2.45) is 0 Å². The maximum atomic E-state index is 10.4. The molecular weight excluding hydrogens is 220 g/mol. The van der Waals surface area contributed by atoms with Crippen LogP contribution in [-0.4, -0.2) is 5.24 Å². The maximum Gasteiger partial charge on any atom is 0.226 e. The molecule has 94 valence electrons. The molecule has 16 heavy (non-hydrogen) atoms. The summed E-state index contributed by atoms with van der Waals surface area (Å²) in [4.78, 5) is 10.4. The van der Waals surface area contributed by atoms with Crippen LogP contribution in [0, 0.1) is 0 Å². The summed E-state index contributed by atoms with van der Waals surface area (Å²) in [5, 5.41) is -0.314. The Bertz CT molecular complexity index is 219. The standard InChI is InChI=1S/C8H7ClO.3C2H6/c9-8(10)6-7-4-2-1-3-5-7;3*1-2/h1-5H,6H2;3*1-2H3. The lowest BCUT2D eigenvalue weighted by Crippen LogP contribution is -1.91. The third kappa shape index (κ3) is 15.6. The summed E-state index contributed by atoms with van der Waals surface area (Å²) < 4.78 is 0. The molecule has 0 heterocycles. The van der Waals surface area contributed by atoms with E-state index in [1.54, 1.807) is 0 Å². The molecular formula is C14H25ClO. The molecule has 2 heteroatoms. The van der Waals surface area contributed by atoms with Gasteiger partial charge in [0.05, 0.1) is 0 Å². The second-order valence-corrected chi connectivity index (χ2v) is 2.44. The predicted molar refractivity (Wildman–Crippen MR) is 75.1 cm³/mol. The summed E-state index contributed by atoms with van der Waals surface area (Å²) >= 11 is 5.17. The summed E-state index contributed by atoms with van der Waals surface area (Å²) in [6.07, 6.45) is 0.322. The van der Waals surface area contributed by atoms with Gasteiger partial charge in [0.25, 0.3) is 0 Å². The molecule has 0 radical (unpaired) electrons. The van der Waals surface area contributed by atoms with Crippen LogP contribution in [0.15, 0.2) is 30.3 Å². The quantitative estimate of drug-likeness (QED) is 0.664. The molecule has 0 aliphatic rings. The molecule has 0 saturated heterocycles. The minimum Gasteiger partial charge on any atom is -0.281 e. The zero-order valence-corrected chi connectivity index (χ0v) is 12.1. The molecule has 1 aromatic rings. The zero-order valence-electron chi connectivity index (χ0n) is 11.4. The smallest absolute Gasteiger partial charge is 0.226 e. The number of hydrogen-bond donors (Lipinski definition) is 0. The van der Waals surface area contributed by atoms with Gasteiger partial charge in [0.1, 0.15) is 0 Å². The van der Waals surface area contributed by atoms with E-state index in [0.29, 0.717) is 6.42 Å². The molecule has 0 saturated carbocycles. The van der Waals surface area contributed by atoms with Crippen LogP contribution in [-0.2, 0) is 11.2 Å². The van der Waals surface area contributed by atoms with E-state index in [4.69, 9.17) is 11.6 Å². The summed E-state index contributed by atoms with van der Waals surface area (Å²) in [6, 6.07) is 9.42. The highest BCUT2D eigenvalue weighted by atomic mass is 35.5. The van der Waals surface area contributed by atoms with Gasteiger partial charge in [-0.05, 0) is 17.2 Å². The van der Waals surface area contributed by atoms with Crippen molar-refractivity contribution in [1.29, 1.82) is 0 Å². The molecule has 1 nitrogen and oxygen atoms in total. The summed E-state index contributed by atoms with van der Waals surface area (Å²) in [5.41, 5.74) is 0.961. The number of benzene rings is 1. The van der Waals surface area contributed by atoms with Gasteiger partial charge < -0.3 is 0 Å². The fraction of sp³-hybridized carbons (Fsp3) is 0.500. The van der Waals surface area contributed by atoms with Crippen LogP contribution in [0.3, 0.4) is 0 Å². The normalized spacial score (nSPS) is 6.94. The lowest BCUT2D eigenvalue weighted by molar-refractivity contribution is -0.111. The van der Waals surface area contributed by atoms with Crippen molar-refractivity contribution in [1.82, 2.24) is 0 Å². The Morgan fingerprint density at radius 3 is 1.62 bits per heavy atom. The average Bonchev–Trinajstić information content (AvgIpc) is 2.37. The molecule has 0 unspecified atom stereocenters. The van der Waals surface area contributed by atoms with E-state index >= 15 is 0 Å². The number of rotatable bonds is 2. The molecule has 1 aromatic carbocycles. The fourth-order valence-electron chi connectivity index (χ4n) is 0.756. The summed E-state index contributed by atoms with van der Waals surface area (Å²) in [6.45, 7) is 12.0. The third-order valence-corrected chi connectivity index (χ3v) is 1.32. The van der Waals surface area contributed by atoms with Crippen molar-refractivity contribution in [2.45, 2.75) is 48.0 Å². The van der Waals surface area contributed by atoms with Crippen LogP contribution < -0.4 is 0 Å². The fourth-order valence-corrected chi connectivity index (χ4v) is 0.911. The number of carbonyl (C=O) groups is 1. The van der Waals surface area contributed by atoms with Crippen molar-refractivity contribution in [3.8, 4) is 0 Å². The first-order valence-electron chi connectivity index (χ1n) is 6.01. The van der Waals surface area contributed by atoms with Gasteiger partial charge in [0.15, 0.2) is 0 Å². The van der Waals surface area contributed by atoms with E-state index in [9.17, 15) is 4.79 Å². The Labute approximate surface area is 106 Å². The van der Waals surface area contributed by atoms with Crippen LogP contribution in [0.4, 0.5) is 0 Å². The Morgan fingerprint density at radius 1 is 0.938 bits per heavy atom. The third-order valence-electron chi connectivity index (χ3n) is 1.19. The van der Waals surface area contributed by atoms with E-state index < -0.39 is 0 Å². The van der Waals surface area contributed by atoms with Crippen molar-refractivity contribution in [2.75, 3.05) is 0 Å². The first-order chi connectivity index (χ1) is 7.79. The van der Waals surface area contributed by atoms with E-state index in [1.807, 2.05) is 71.9 Å². The lowest BCUT2D eigenvalue weighted by atomic mass is 10.2. The molecule has 0 bridgehead atoms. The van der Waals surface area contributed by atoms with Crippen LogP contribution in [0.2, 0.25) is 0 Å². The van der Waals surface area contributed by atoms with Gasteiger partial charge in [-0.25, -0.2) is 0 Å². The molecule has 0 atom stereocenters. The number of carbonyl (C=O) groups excluding carboxylic acids is 1. The first-order valence-corrected chi connectivity index (χ1v) is 6.39. The van der Waals surface area contributed by atoms with Crippen molar-refractivity contribution in [3.05, 3.63) is 35.9 Å². The monoisotopic (exact) mass is 244 g/mol. The van der Waals surface area contributed by atoms with E-state index in [-0.39, 0.29) is 5.24 Å². The topological polar surface area (TPSA) is 17.1 Å². The second-order valence-electron chi connectivity index (χ2n) is 2.02. The zero-order chi connectivity index (χ0) is 13.4. The van der Waals surface area contributed by atoms with Gasteiger partial charge >= 0.3 is 0 Å². The molecule has 0 amide bonds. The summed E-state index contributed by atoms with van der Waals surface area (Å²) in [7, 11) is 0. The lowest BCUT2D eigenvalue weighted by Gasteiger charge is -1.92. The predicted octanol–water partition coefficient (Wildman–Crippen LogP) is 5.07. The van der Waals surface area contributed by atoms with Crippen molar-refractivity contribution < 1.29 is 4.79 Å². The van der Waals surface area contributed by atoms with E-state index in [1.165, 1.54) is 0 Å². The van der Waals surface area contributed by atoms with Gasteiger partial charge in [-0.3, -0.25) is 4.79 Å². The van der Waals surface area contributed by atoms with Gasteiger partial charge in [-0.15, -0.1) is 0 Å². The van der Waals surface area contributed by atoms with Crippen molar-refractivity contribution in [3.63, 3.8) is 0 Å². The highest BCUT2D eigenvalue weighted by Crippen LogP contribution is 2.00. The van der Waals surface area contributed by atoms with E-state index in [0.717, 1.165) is 5.56 Å². The SMILES string of the molecule is CC.CC.CC.O=C(Cl)Cc1ccccc1. The second kappa shape index (κ2) is 19.7. The average molecular weight is 245 g/mol. The minimum absolute atomic E-state index is 0.314. The molecule has 0 aromatic heterocycles.